The third-order valence-corrected chi connectivity index (χ3v) is 5.97. The van der Waals surface area contributed by atoms with Crippen LogP contribution in [0.3, 0.4) is 0 Å². The van der Waals surface area contributed by atoms with Gasteiger partial charge >= 0.3 is 5.97 Å². The number of halogens is 1. The second-order valence-electron chi connectivity index (χ2n) is 7.59. The summed E-state index contributed by atoms with van der Waals surface area (Å²) in [6, 6.07) is 16.7. The van der Waals surface area contributed by atoms with E-state index in [-0.39, 0.29) is 16.2 Å². The van der Waals surface area contributed by atoms with Gasteiger partial charge < -0.3 is 14.6 Å². The second-order valence-corrected chi connectivity index (χ2v) is 9.04. The predicted molar refractivity (Wildman–Crippen MR) is 135 cm³/mol. The summed E-state index contributed by atoms with van der Waals surface area (Å²) in [4.78, 5) is 16.7. The largest absolute Gasteiger partial charge is 0.496 e. The number of thioether (sulfide) groups is 1. The van der Waals surface area contributed by atoms with Crippen molar-refractivity contribution in [3.8, 4) is 22.9 Å². The molecule has 0 fully saturated rings. The van der Waals surface area contributed by atoms with Crippen molar-refractivity contribution in [3.63, 3.8) is 0 Å². The minimum absolute atomic E-state index is 0.0496. The van der Waals surface area contributed by atoms with Crippen LogP contribution < -0.4 is 9.47 Å². The van der Waals surface area contributed by atoms with E-state index in [1.54, 1.807) is 31.4 Å². The van der Waals surface area contributed by atoms with Crippen LogP contribution in [-0.4, -0.2) is 39.5 Å². The number of ether oxygens (including phenoxy) is 2. The lowest BCUT2D eigenvalue weighted by molar-refractivity contribution is -0.131. The maximum Gasteiger partial charge on any atom is 0.342 e. The summed E-state index contributed by atoms with van der Waals surface area (Å²) in [6.45, 7) is 3.85. The number of nitrogens with zero attached hydrogens (tertiary/aromatic N) is 2. The first kappa shape index (κ1) is 23.7. The Morgan fingerprint density at radius 3 is 2.65 bits per heavy atom. The van der Waals surface area contributed by atoms with E-state index in [9.17, 15) is 9.90 Å². The number of hydrogen-bond donors (Lipinski definition) is 2. The summed E-state index contributed by atoms with van der Waals surface area (Å²) in [5.74, 6) is 0.491. The molecule has 2 N–H and O–H groups in total. The van der Waals surface area contributed by atoms with Gasteiger partial charge in [-0.1, -0.05) is 41.9 Å². The number of aromatic nitrogens is 3. The highest BCUT2D eigenvalue weighted by atomic mass is 35.5. The maximum absolute atomic E-state index is 12.2. The number of aromatic amines is 1. The minimum Gasteiger partial charge on any atom is -0.496 e. The molecule has 0 aliphatic rings. The molecule has 0 aliphatic heterocycles. The summed E-state index contributed by atoms with van der Waals surface area (Å²) in [7, 11) is 1.55. The smallest absolute Gasteiger partial charge is 0.342 e. The molecule has 0 aliphatic carbocycles. The van der Waals surface area contributed by atoms with Crippen molar-refractivity contribution in [2.24, 2.45) is 0 Å². The fraction of sp³-hybridized carbons (Fsp3) is 0.160. The third kappa shape index (κ3) is 5.18. The number of hydrogen-bond acceptors (Lipinski definition) is 6. The average molecular weight is 496 g/mol. The van der Waals surface area contributed by atoms with E-state index in [1.807, 2.05) is 50.2 Å². The van der Waals surface area contributed by atoms with Crippen molar-refractivity contribution in [1.29, 1.82) is 0 Å². The Hall–Kier alpha value is -3.49. The lowest BCUT2D eigenvalue weighted by Gasteiger charge is -2.15. The Kier molecular flexibility index (Phi) is 7.09. The maximum atomic E-state index is 12.2. The van der Waals surface area contributed by atoms with Crippen molar-refractivity contribution in [1.82, 2.24) is 15.2 Å². The van der Waals surface area contributed by atoms with Gasteiger partial charge in [0.2, 0.25) is 5.16 Å². The highest BCUT2D eigenvalue weighted by Gasteiger charge is 2.18. The first-order valence-electron chi connectivity index (χ1n) is 10.4. The molecule has 0 radical (unpaired) electrons. The summed E-state index contributed by atoms with van der Waals surface area (Å²) in [6.07, 6.45) is 1.53. The fourth-order valence-corrected chi connectivity index (χ4v) is 4.28. The Labute approximate surface area is 205 Å². The van der Waals surface area contributed by atoms with E-state index in [0.717, 1.165) is 22.5 Å². The number of carboxylic acid groups (broad SMARTS) is 1. The molecule has 0 saturated heterocycles. The lowest BCUT2D eigenvalue weighted by atomic mass is 10.0. The van der Waals surface area contributed by atoms with Gasteiger partial charge in [-0.05, 0) is 66.7 Å². The van der Waals surface area contributed by atoms with Crippen LogP contribution in [0.25, 0.3) is 28.2 Å². The second kappa shape index (κ2) is 10.2. The van der Waals surface area contributed by atoms with Crippen LogP contribution in [0.4, 0.5) is 0 Å². The normalized spacial score (nSPS) is 11.7. The third-order valence-electron chi connectivity index (χ3n) is 4.86. The van der Waals surface area contributed by atoms with Crippen molar-refractivity contribution >= 4 is 46.2 Å². The van der Waals surface area contributed by atoms with Gasteiger partial charge in [-0.3, -0.25) is 5.10 Å². The summed E-state index contributed by atoms with van der Waals surface area (Å²) >= 11 is 7.06. The number of aliphatic carboxylic acids is 1. The van der Waals surface area contributed by atoms with Crippen LogP contribution in [0.5, 0.6) is 11.5 Å². The summed E-state index contributed by atoms with van der Waals surface area (Å²) in [5.41, 5.74) is 1.31. The molecule has 0 unspecified atom stereocenters. The predicted octanol–water partition coefficient (Wildman–Crippen LogP) is 6.29. The molecule has 7 nitrogen and oxygen atoms in total. The van der Waals surface area contributed by atoms with Crippen molar-refractivity contribution in [3.05, 3.63) is 70.1 Å². The van der Waals surface area contributed by atoms with Crippen molar-refractivity contribution in [2.75, 3.05) is 7.11 Å². The molecule has 0 spiro atoms. The van der Waals surface area contributed by atoms with Gasteiger partial charge in [-0.25, -0.2) is 9.78 Å². The average Bonchev–Trinajstić information content (AvgIpc) is 3.28. The van der Waals surface area contributed by atoms with Gasteiger partial charge in [-0.2, -0.15) is 0 Å². The Bertz CT molecular complexity index is 1380. The first-order chi connectivity index (χ1) is 16.4. The van der Waals surface area contributed by atoms with Gasteiger partial charge in [0, 0.05) is 10.6 Å². The van der Waals surface area contributed by atoms with Crippen molar-refractivity contribution < 1.29 is 19.4 Å². The number of carbonyl (C=O) groups is 1. The molecule has 0 amide bonds. The van der Waals surface area contributed by atoms with E-state index in [4.69, 9.17) is 21.1 Å². The van der Waals surface area contributed by atoms with Crippen LogP contribution in [0.15, 0.2) is 64.7 Å². The summed E-state index contributed by atoms with van der Waals surface area (Å²) in [5, 5.41) is 19.6. The number of methoxy groups -OCH3 is 1. The zero-order valence-corrected chi connectivity index (χ0v) is 20.3. The van der Waals surface area contributed by atoms with E-state index >= 15 is 0 Å². The number of nitrogens with one attached hydrogen (secondary N) is 1. The molecule has 34 heavy (non-hydrogen) atoms. The summed E-state index contributed by atoms with van der Waals surface area (Å²) < 4.78 is 11.3. The number of fused-ring (bicyclic) bond motifs is 1. The van der Waals surface area contributed by atoms with Crippen LogP contribution in [0.2, 0.25) is 5.02 Å². The van der Waals surface area contributed by atoms with Crippen LogP contribution in [0, 0.1) is 0 Å². The first-order valence-corrected chi connectivity index (χ1v) is 11.6. The highest BCUT2D eigenvalue weighted by molar-refractivity contribution is 8.04. The Balaban J connectivity index is 1.74. The number of benzene rings is 3. The molecule has 0 saturated carbocycles. The molecule has 1 heterocycles. The molecule has 4 aromatic rings. The number of carboxylic acids is 1. The van der Waals surface area contributed by atoms with Crippen LogP contribution in [-0.2, 0) is 4.79 Å². The molecule has 1 aromatic heterocycles. The fourth-order valence-electron chi connectivity index (χ4n) is 3.42. The zero-order valence-electron chi connectivity index (χ0n) is 18.7. The molecular formula is C25H22ClN3O4S. The highest BCUT2D eigenvalue weighted by Crippen LogP contribution is 2.36. The molecule has 0 atom stereocenters. The van der Waals surface area contributed by atoms with Crippen molar-refractivity contribution in [2.45, 2.75) is 25.1 Å². The topological polar surface area (TPSA) is 97.3 Å². The Morgan fingerprint density at radius 2 is 1.91 bits per heavy atom. The molecule has 174 valence electrons. The van der Waals surface area contributed by atoms with Gasteiger partial charge in [0.05, 0.1) is 18.8 Å². The molecule has 9 heteroatoms. The quantitative estimate of drug-likeness (QED) is 0.219. The van der Waals surface area contributed by atoms with E-state index in [1.165, 1.54) is 0 Å². The Morgan fingerprint density at radius 1 is 1.15 bits per heavy atom. The van der Waals surface area contributed by atoms with Gasteiger partial charge in [0.25, 0.3) is 0 Å². The number of rotatable bonds is 8. The monoisotopic (exact) mass is 495 g/mol. The van der Waals surface area contributed by atoms with Gasteiger partial charge in [0.1, 0.15) is 16.4 Å². The molecular weight excluding hydrogens is 474 g/mol. The minimum atomic E-state index is -1.10. The van der Waals surface area contributed by atoms with E-state index in [0.29, 0.717) is 33.5 Å². The molecule has 3 aromatic carbocycles. The zero-order chi connectivity index (χ0) is 24.2. The van der Waals surface area contributed by atoms with E-state index in [2.05, 4.69) is 15.2 Å². The SMILES string of the molecule is COc1ccc(Cl)cc1-c1nc(S/C(=C\c2c(OC(C)C)ccc3ccccc23)C(=O)O)n[nH]1. The van der Waals surface area contributed by atoms with Gasteiger partial charge in [0.15, 0.2) is 5.82 Å². The van der Waals surface area contributed by atoms with Crippen LogP contribution in [0.1, 0.15) is 19.4 Å². The lowest BCUT2D eigenvalue weighted by Crippen LogP contribution is -2.07. The van der Waals surface area contributed by atoms with Crippen LogP contribution >= 0.6 is 23.4 Å². The standard InChI is InChI=1S/C25H22ClN3O4S/c1-14(2)33-21-10-8-15-6-4-5-7-17(15)18(21)13-22(24(30)31)34-25-27-23(28-29-25)19-12-16(26)9-11-20(19)32-3/h4-14H,1-3H3,(H,30,31)(H,27,28,29)/b22-13-. The molecule has 4 rings (SSSR count). The van der Waals surface area contributed by atoms with E-state index < -0.39 is 5.97 Å². The van der Waals surface area contributed by atoms with Gasteiger partial charge in [-0.15, -0.1) is 5.10 Å². The molecule has 0 bridgehead atoms. The number of H-pyrrole nitrogens is 1.